The van der Waals surface area contributed by atoms with Gasteiger partial charge in [-0.3, -0.25) is 19.5 Å². The predicted molar refractivity (Wildman–Crippen MR) is 157 cm³/mol. The number of fused-ring (bicyclic) bond motifs is 1. The number of amides is 2. The Balaban J connectivity index is 1.26. The number of piperazine rings is 1. The van der Waals surface area contributed by atoms with Gasteiger partial charge in [-0.05, 0) is 34.9 Å². The number of aliphatic imine (C=N–C) groups is 1. The van der Waals surface area contributed by atoms with E-state index in [1.807, 2.05) is 47.4 Å². The highest BCUT2D eigenvalue weighted by atomic mass is 35.5. The minimum absolute atomic E-state index is 0.122. The Hall–Kier alpha value is -3.59. The summed E-state index contributed by atoms with van der Waals surface area (Å²) in [5.41, 5.74) is 4.88. The minimum atomic E-state index is -0.221. The summed E-state index contributed by atoms with van der Waals surface area (Å²) in [5, 5.41) is 3.74. The fourth-order valence-electron chi connectivity index (χ4n) is 5.03. The second-order valence-electron chi connectivity index (χ2n) is 9.75. The number of hydrogen-bond donors (Lipinski definition) is 1. The zero-order chi connectivity index (χ0) is 28.4. The van der Waals surface area contributed by atoms with Gasteiger partial charge >= 0.3 is 0 Å². The van der Waals surface area contributed by atoms with Crippen LogP contribution in [0.4, 0.5) is 0 Å². The highest BCUT2D eigenvalue weighted by molar-refractivity contribution is 6.41. The van der Waals surface area contributed by atoms with Crippen molar-refractivity contribution in [3.8, 4) is 22.6 Å². The molecule has 1 saturated heterocycles. The molecule has 2 heterocycles. The van der Waals surface area contributed by atoms with Crippen LogP contribution in [-0.4, -0.2) is 67.8 Å². The monoisotopic (exact) mass is 580 g/mol. The number of halogens is 2. The van der Waals surface area contributed by atoms with Crippen LogP contribution in [0.3, 0.4) is 0 Å². The molecule has 0 aliphatic carbocycles. The van der Waals surface area contributed by atoms with Crippen LogP contribution in [0.2, 0.25) is 10.0 Å². The van der Waals surface area contributed by atoms with E-state index in [1.54, 1.807) is 13.0 Å². The molecule has 2 aliphatic heterocycles. The summed E-state index contributed by atoms with van der Waals surface area (Å²) in [6, 6.07) is 15.0. The van der Waals surface area contributed by atoms with E-state index in [4.69, 9.17) is 32.7 Å². The number of carbonyl (C=O) groups excluding carboxylic acids is 2. The normalized spacial score (nSPS) is 14.9. The molecular weight excluding hydrogens is 551 g/mol. The third-order valence-corrected chi connectivity index (χ3v) is 8.05. The molecule has 5 rings (SSSR count). The number of hydrogen-bond acceptors (Lipinski definition) is 6. The zero-order valence-corrected chi connectivity index (χ0v) is 24.1. The van der Waals surface area contributed by atoms with Gasteiger partial charge in [-0.15, -0.1) is 0 Å². The van der Waals surface area contributed by atoms with E-state index >= 15 is 0 Å². The van der Waals surface area contributed by atoms with Crippen LogP contribution in [0.5, 0.6) is 11.5 Å². The average molecular weight is 582 g/mol. The van der Waals surface area contributed by atoms with Crippen LogP contribution >= 0.6 is 23.2 Å². The summed E-state index contributed by atoms with van der Waals surface area (Å²) in [6.07, 6.45) is 0. The summed E-state index contributed by atoms with van der Waals surface area (Å²) < 4.78 is 10.8. The first-order valence-corrected chi connectivity index (χ1v) is 13.7. The number of ether oxygens (including phenoxy) is 2. The molecular formula is C30H30Cl2N4O4. The summed E-state index contributed by atoms with van der Waals surface area (Å²) >= 11 is 13.2. The van der Waals surface area contributed by atoms with E-state index in [0.717, 1.165) is 55.0 Å². The van der Waals surface area contributed by atoms with Crippen LogP contribution < -0.4 is 14.8 Å². The number of benzene rings is 3. The van der Waals surface area contributed by atoms with Gasteiger partial charge in [0.25, 0.3) is 5.91 Å². The number of carbonyl (C=O) groups is 2. The van der Waals surface area contributed by atoms with Crippen molar-refractivity contribution in [1.29, 1.82) is 0 Å². The molecule has 0 unspecified atom stereocenters. The van der Waals surface area contributed by atoms with Gasteiger partial charge in [0, 0.05) is 62.4 Å². The van der Waals surface area contributed by atoms with Crippen molar-refractivity contribution in [3.63, 3.8) is 0 Å². The second kappa shape index (κ2) is 11.9. The lowest BCUT2D eigenvalue weighted by Gasteiger charge is -2.34. The van der Waals surface area contributed by atoms with Gasteiger partial charge in [0.2, 0.25) is 5.91 Å². The predicted octanol–water partition coefficient (Wildman–Crippen LogP) is 5.03. The zero-order valence-electron chi connectivity index (χ0n) is 22.6. The molecule has 2 amide bonds. The van der Waals surface area contributed by atoms with E-state index in [1.165, 1.54) is 14.2 Å². The summed E-state index contributed by atoms with van der Waals surface area (Å²) in [4.78, 5) is 33.3. The van der Waals surface area contributed by atoms with Gasteiger partial charge < -0.3 is 19.7 Å². The number of nitrogens with one attached hydrogen (secondary N) is 1. The number of nitrogens with zero attached hydrogens (tertiary/aromatic N) is 3. The molecule has 1 fully saturated rings. The highest BCUT2D eigenvalue weighted by Gasteiger charge is 2.23. The van der Waals surface area contributed by atoms with E-state index in [9.17, 15) is 9.59 Å². The standard InChI is InChI=1S/C30H30Cl2N4O4/c1-18(37)36-12-10-35(11-13-36)17-19-4-6-20(7-5-19)30(38)34-29-23-9-8-21(14-22(23)16-33-29)26-27(31)24(39-2)15-25(40-3)28(26)32/h4-9,14-15H,10-13,16-17H2,1-3H3,(H,33,34,38). The van der Waals surface area contributed by atoms with Crippen molar-refractivity contribution in [2.75, 3.05) is 40.4 Å². The molecule has 208 valence electrons. The lowest BCUT2D eigenvalue weighted by molar-refractivity contribution is -0.130. The molecule has 40 heavy (non-hydrogen) atoms. The van der Waals surface area contributed by atoms with E-state index in [0.29, 0.717) is 45.1 Å². The highest BCUT2D eigenvalue weighted by Crippen LogP contribution is 2.46. The van der Waals surface area contributed by atoms with Crippen molar-refractivity contribution in [2.24, 2.45) is 4.99 Å². The maximum absolute atomic E-state index is 13.0. The molecule has 0 aromatic heterocycles. The Bertz CT molecular complexity index is 1450. The minimum Gasteiger partial charge on any atom is -0.495 e. The number of methoxy groups -OCH3 is 2. The van der Waals surface area contributed by atoms with E-state index in [2.05, 4.69) is 15.2 Å². The number of amidine groups is 1. The Morgan fingerprint density at radius 3 is 2.17 bits per heavy atom. The molecule has 1 N–H and O–H groups in total. The SMILES string of the molecule is COc1cc(OC)c(Cl)c(-c2ccc3c(c2)CN=C3NC(=O)c2ccc(CN3CCN(C(C)=O)CC3)cc2)c1Cl. The largest absolute Gasteiger partial charge is 0.495 e. The summed E-state index contributed by atoms with van der Waals surface area (Å²) in [5.74, 6) is 1.35. The first-order chi connectivity index (χ1) is 19.3. The van der Waals surface area contributed by atoms with Gasteiger partial charge in [-0.25, -0.2) is 0 Å². The molecule has 0 saturated carbocycles. The molecule has 8 nitrogen and oxygen atoms in total. The van der Waals surface area contributed by atoms with Crippen LogP contribution in [0.15, 0.2) is 53.5 Å². The van der Waals surface area contributed by atoms with Crippen LogP contribution in [0, 0.1) is 0 Å². The lowest BCUT2D eigenvalue weighted by Crippen LogP contribution is -2.47. The average Bonchev–Trinajstić information content (AvgIpc) is 3.35. The molecule has 0 radical (unpaired) electrons. The lowest BCUT2D eigenvalue weighted by atomic mass is 9.99. The van der Waals surface area contributed by atoms with Crippen LogP contribution in [0.1, 0.15) is 34.0 Å². The third-order valence-electron chi connectivity index (χ3n) is 7.30. The summed E-state index contributed by atoms with van der Waals surface area (Å²) in [6.45, 7) is 5.98. The Labute approximate surface area is 243 Å². The molecule has 10 heteroatoms. The van der Waals surface area contributed by atoms with Crippen molar-refractivity contribution in [2.45, 2.75) is 20.0 Å². The third kappa shape index (κ3) is 5.66. The van der Waals surface area contributed by atoms with Gasteiger partial charge in [0.15, 0.2) is 0 Å². The molecule has 0 spiro atoms. The first-order valence-electron chi connectivity index (χ1n) is 12.9. The fraction of sp³-hybridized carbons (Fsp3) is 0.300. The fourth-order valence-corrected chi connectivity index (χ4v) is 5.75. The van der Waals surface area contributed by atoms with Gasteiger partial charge in [0.05, 0.1) is 30.8 Å². The Morgan fingerprint density at radius 2 is 1.57 bits per heavy atom. The van der Waals surface area contributed by atoms with Crippen molar-refractivity contribution < 1.29 is 19.1 Å². The second-order valence-corrected chi connectivity index (χ2v) is 10.5. The van der Waals surface area contributed by atoms with Gasteiger partial charge in [-0.1, -0.05) is 47.5 Å². The van der Waals surface area contributed by atoms with Gasteiger partial charge in [0.1, 0.15) is 17.3 Å². The Kier molecular flexibility index (Phi) is 8.30. The van der Waals surface area contributed by atoms with Crippen LogP contribution in [0.25, 0.3) is 11.1 Å². The number of rotatable bonds is 6. The topological polar surface area (TPSA) is 83.5 Å². The Morgan fingerprint density at radius 1 is 0.925 bits per heavy atom. The molecule has 0 atom stereocenters. The molecule has 2 aliphatic rings. The smallest absolute Gasteiger partial charge is 0.256 e. The maximum Gasteiger partial charge on any atom is 0.256 e. The quantitative estimate of drug-likeness (QED) is 0.442. The molecule has 0 bridgehead atoms. The molecule has 3 aromatic carbocycles. The molecule has 3 aromatic rings. The maximum atomic E-state index is 13.0. The van der Waals surface area contributed by atoms with Crippen molar-refractivity contribution >= 4 is 40.9 Å². The summed E-state index contributed by atoms with van der Waals surface area (Å²) in [7, 11) is 3.08. The van der Waals surface area contributed by atoms with E-state index in [-0.39, 0.29) is 11.8 Å². The van der Waals surface area contributed by atoms with Crippen molar-refractivity contribution in [3.05, 3.63) is 80.8 Å². The van der Waals surface area contributed by atoms with E-state index < -0.39 is 0 Å². The first kappa shape index (κ1) is 28.0. The van der Waals surface area contributed by atoms with Gasteiger partial charge in [-0.2, -0.15) is 0 Å². The van der Waals surface area contributed by atoms with Crippen molar-refractivity contribution in [1.82, 2.24) is 15.1 Å². The van der Waals surface area contributed by atoms with Crippen LogP contribution in [-0.2, 0) is 17.9 Å².